The topological polar surface area (TPSA) is 82.5 Å². The molecule has 4 aromatic rings. The Morgan fingerprint density at radius 3 is 3.00 bits per heavy atom. The molecule has 22 heavy (non-hydrogen) atoms. The maximum Gasteiger partial charge on any atom is 0.182 e. The minimum absolute atomic E-state index is 0.330. The molecule has 7 heteroatoms. The zero-order valence-corrected chi connectivity index (χ0v) is 12.2. The van der Waals surface area contributed by atoms with Crippen LogP contribution >= 0.6 is 11.6 Å². The van der Waals surface area contributed by atoms with Gasteiger partial charge in [0.2, 0.25) is 0 Å². The van der Waals surface area contributed by atoms with Gasteiger partial charge in [0, 0.05) is 17.6 Å². The second kappa shape index (κ2) is 4.92. The first-order valence-electron chi connectivity index (χ1n) is 6.69. The molecular weight excluding hydrogens is 300 g/mol. The van der Waals surface area contributed by atoms with E-state index < -0.39 is 0 Å². The van der Waals surface area contributed by atoms with Crippen LogP contribution in [0.2, 0.25) is 5.15 Å². The molecule has 6 nitrogen and oxygen atoms in total. The van der Waals surface area contributed by atoms with Crippen LogP contribution in [0.1, 0.15) is 5.56 Å². The third-order valence-corrected chi connectivity index (χ3v) is 3.66. The van der Waals surface area contributed by atoms with E-state index in [-0.39, 0.29) is 0 Å². The van der Waals surface area contributed by atoms with Crippen molar-refractivity contribution in [2.45, 2.75) is 6.54 Å². The van der Waals surface area contributed by atoms with Crippen molar-refractivity contribution in [1.29, 1.82) is 0 Å². The van der Waals surface area contributed by atoms with Gasteiger partial charge in [-0.25, -0.2) is 9.67 Å². The van der Waals surface area contributed by atoms with E-state index in [1.165, 1.54) is 0 Å². The first-order chi connectivity index (χ1) is 10.7. The molecule has 0 radical (unpaired) electrons. The Balaban J connectivity index is 1.79. The number of aromatic nitrogens is 5. The van der Waals surface area contributed by atoms with Gasteiger partial charge in [0.1, 0.15) is 5.15 Å². The average Bonchev–Trinajstić information content (AvgIpc) is 2.90. The molecule has 0 unspecified atom stereocenters. The van der Waals surface area contributed by atoms with Gasteiger partial charge in [-0.15, -0.1) is 5.10 Å². The standard InChI is InChI=1S/C15H11ClN6/c16-13-7-11(17)14-15(19-13)22(21-20-14)8-9-3-4-12-10(6-9)2-1-5-18-12/h1-7H,8H2,(H2,17,19). The van der Waals surface area contributed by atoms with Crippen LogP contribution in [0.25, 0.3) is 22.1 Å². The maximum absolute atomic E-state index is 5.97. The van der Waals surface area contributed by atoms with E-state index in [4.69, 9.17) is 17.3 Å². The quantitative estimate of drug-likeness (QED) is 0.575. The lowest BCUT2D eigenvalue weighted by atomic mass is 10.1. The van der Waals surface area contributed by atoms with Crippen molar-refractivity contribution in [1.82, 2.24) is 25.0 Å². The maximum atomic E-state index is 5.97. The van der Waals surface area contributed by atoms with E-state index in [9.17, 15) is 0 Å². The molecule has 4 rings (SSSR count). The Bertz CT molecular complexity index is 994. The van der Waals surface area contributed by atoms with Crippen molar-refractivity contribution in [2.24, 2.45) is 0 Å². The van der Waals surface area contributed by atoms with E-state index in [2.05, 4.69) is 26.3 Å². The van der Waals surface area contributed by atoms with Crippen LogP contribution in [0.5, 0.6) is 0 Å². The van der Waals surface area contributed by atoms with Gasteiger partial charge in [-0.2, -0.15) is 0 Å². The molecule has 0 aliphatic carbocycles. The fourth-order valence-corrected chi connectivity index (χ4v) is 2.64. The summed E-state index contributed by atoms with van der Waals surface area (Å²) in [4.78, 5) is 8.58. The summed E-state index contributed by atoms with van der Waals surface area (Å²) >= 11 is 5.97. The highest BCUT2D eigenvalue weighted by Crippen LogP contribution is 2.21. The van der Waals surface area contributed by atoms with Crippen LogP contribution < -0.4 is 5.73 Å². The van der Waals surface area contributed by atoms with Gasteiger partial charge in [-0.1, -0.05) is 28.9 Å². The molecule has 108 valence electrons. The lowest BCUT2D eigenvalue weighted by Gasteiger charge is -2.04. The molecule has 0 aliphatic heterocycles. The summed E-state index contributed by atoms with van der Waals surface area (Å²) < 4.78 is 1.69. The van der Waals surface area contributed by atoms with E-state index in [1.54, 1.807) is 16.9 Å². The van der Waals surface area contributed by atoms with Crippen molar-refractivity contribution in [3.8, 4) is 0 Å². The molecule has 3 aromatic heterocycles. The number of nitrogens with zero attached hydrogens (tertiary/aromatic N) is 5. The van der Waals surface area contributed by atoms with Crippen molar-refractivity contribution >= 4 is 39.4 Å². The minimum atomic E-state index is 0.330. The summed E-state index contributed by atoms with van der Waals surface area (Å²) in [5.41, 5.74) is 9.54. The number of nitrogen functional groups attached to an aromatic ring is 1. The summed E-state index contributed by atoms with van der Waals surface area (Å²) in [6, 6.07) is 11.6. The number of rotatable bonds is 2. The van der Waals surface area contributed by atoms with E-state index in [0.717, 1.165) is 16.5 Å². The molecule has 0 atom stereocenters. The first kappa shape index (κ1) is 13.0. The summed E-state index contributed by atoms with van der Waals surface area (Å²) in [7, 11) is 0. The smallest absolute Gasteiger partial charge is 0.182 e. The number of hydrogen-bond acceptors (Lipinski definition) is 5. The first-order valence-corrected chi connectivity index (χ1v) is 7.07. The second-order valence-corrected chi connectivity index (χ2v) is 5.37. The molecule has 1 aromatic carbocycles. The van der Waals surface area contributed by atoms with Gasteiger partial charge >= 0.3 is 0 Å². The molecular formula is C15H11ClN6. The third-order valence-electron chi connectivity index (χ3n) is 3.47. The number of anilines is 1. The highest BCUT2D eigenvalue weighted by Gasteiger charge is 2.11. The fraction of sp³-hybridized carbons (Fsp3) is 0.0667. The zero-order chi connectivity index (χ0) is 15.1. The van der Waals surface area contributed by atoms with Crippen molar-refractivity contribution < 1.29 is 0 Å². The molecule has 0 saturated carbocycles. The Labute approximate surface area is 130 Å². The lowest BCUT2D eigenvalue weighted by molar-refractivity contribution is 0.664. The van der Waals surface area contributed by atoms with Crippen LogP contribution in [-0.4, -0.2) is 25.0 Å². The Kier molecular flexibility index (Phi) is 2.90. The molecule has 0 fully saturated rings. The molecule has 3 heterocycles. The highest BCUT2D eigenvalue weighted by atomic mass is 35.5. The predicted molar refractivity (Wildman–Crippen MR) is 85.6 cm³/mol. The number of halogens is 1. The zero-order valence-electron chi connectivity index (χ0n) is 11.4. The van der Waals surface area contributed by atoms with Gasteiger partial charge in [0.15, 0.2) is 11.2 Å². The minimum Gasteiger partial charge on any atom is -0.397 e. The monoisotopic (exact) mass is 310 g/mol. The van der Waals surface area contributed by atoms with E-state index in [0.29, 0.717) is 28.5 Å². The Morgan fingerprint density at radius 1 is 1.18 bits per heavy atom. The van der Waals surface area contributed by atoms with Gasteiger partial charge in [0.25, 0.3) is 0 Å². The van der Waals surface area contributed by atoms with Gasteiger partial charge in [-0.05, 0) is 23.8 Å². The normalized spacial score (nSPS) is 11.3. The largest absolute Gasteiger partial charge is 0.397 e. The lowest BCUT2D eigenvalue weighted by Crippen LogP contribution is -2.03. The van der Waals surface area contributed by atoms with Crippen LogP contribution in [-0.2, 0) is 6.54 Å². The van der Waals surface area contributed by atoms with Gasteiger partial charge in [-0.3, -0.25) is 4.98 Å². The summed E-state index contributed by atoms with van der Waals surface area (Å²) in [6.07, 6.45) is 1.78. The SMILES string of the molecule is Nc1cc(Cl)nc2c1nnn2Cc1ccc2ncccc2c1. The molecule has 0 spiro atoms. The van der Waals surface area contributed by atoms with Crippen LogP contribution in [0.4, 0.5) is 5.69 Å². The van der Waals surface area contributed by atoms with Crippen molar-refractivity contribution in [3.05, 3.63) is 53.3 Å². The van der Waals surface area contributed by atoms with Gasteiger partial charge < -0.3 is 5.73 Å². The number of hydrogen-bond donors (Lipinski definition) is 1. The predicted octanol–water partition coefficient (Wildman–Crippen LogP) is 2.66. The van der Waals surface area contributed by atoms with E-state index in [1.807, 2.05) is 24.3 Å². The number of pyridine rings is 2. The van der Waals surface area contributed by atoms with Crippen LogP contribution in [0, 0.1) is 0 Å². The Morgan fingerprint density at radius 2 is 2.09 bits per heavy atom. The second-order valence-electron chi connectivity index (χ2n) is 4.98. The molecule has 0 aliphatic rings. The molecule has 0 amide bonds. The summed E-state index contributed by atoms with van der Waals surface area (Å²) in [5.74, 6) is 0. The van der Waals surface area contributed by atoms with Crippen LogP contribution in [0.15, 0.2) is 42.6 Å². The van der Waals surface area contributed by atoms with Gasteiger partial charge in [0.05, 0.1) is 17.7 Å². The average molecular weight is 311 g/mol. The number of fused-ring (bicyclic) bond motifs is 2. The number of nitrogens with two attached hydrogens (primary N) is 1. The van der Waals surface area contributed by atoms with Crippen molar-refractivity contribution in [2.75, 3.05) is 5.73 Å². The summed E-state index contributed by atoms with van der Waals surface area (Å²) in [5, 5.41) is 9.60. The highest BCUT2D eigenvalue weighted by molar-refractivity contribution is 6.30. The molecule has 0 saturated heterocycles. The fourth-order valence-electron chi connectivity index (χ4n) is 2.44. The van der Waals surface area contributed by atoms with Crippen molar-refractivity contribution in [3.63, 3.8) is 0 Å². The molecule has 0 bridgehead atoms. The molecule has 2 N–H and O–H groups in total. The van der Waals surface area contributed by atoms with E-state index >= 15 is 0 Å². The number of benzene rings is 1. The Hall–Kier alpha value is -2.73. The summed E-state index contributed by atoms with van der Waals surface area (Å²) in [6.45, 7) is 0.536. The third kappa shape index (κ3) is 2.14. The van der Waals surface area contributed by atoms with Crippen LogP contribution in [0.3, 0.4) is 0 Å².